The maximum Gasteiger partial charge on any atom is 0.243 e. The van der Waals surface area contributed by atoms with Gasteiger partial charge in [0.15, 0.2) is 0 Å². The molecule has 0 saturated heterocycles. The summed E-state index contributed by atoms with van der Waals surface area (Å²) in [7, 11) is 0. The molecule has 0 aliphatic carbocycles. The predicted octanol–water partition coefficient (Wildman–Crippen LogP) is 3.68. The van der Waals surface area contributed by atoms with Crippen molar-refractivity contribution in [3.63, 3.8) is 0 Å². The van der Waals surface area contributed by atoms with Crippen molar-refractivity contribution < 1.29 is 9.90 Å². The van der Waals surface area contributed by atoms with Crippen LogP contribution in [0.25, 0.3) is 0 Å². The maximum atomic E-state index is 11.5. The summed E-state index contributed by atoms with van der Waals surface area (Å²) in [5, 5.41) is 12.5. The first-order chi connectivity index (χ1) is 10.0. The van der Waals surface area contributed by atoms with Crippen LogP contribution in [0.15, 0.2) is 48.6 Å². The highest BCUT2D eigenvalue weighted by molar-refractivity contribution is 5.87. The maximum absolute atomic E-state index is 11.5. The Morgan fingerprint density at radius 2 is 1.67 bits per heavy atom. The zero-order valence-electron chi connectivity index (χ0n) is 13.5. The fourth-order valence-electron chi connectivity index (χ4n) is 1.36. The molecule has 1 amide bonds. The minimum atomic E-state index is -0.829. The Hall–Kier alpha value is -1.61. The van der Waals surface area contributed by atoms with Crippen molar-refractivity contribution in [1.29, 1.82) is 0 Å². The third-order valence-electron chi connectivity index (χ3n) is 3.02. The lowest BCUT2D eigenvalue weighted by Crippen LogP contribution is -2.39. The van der Waals surface area contributed by atoms with Crippen LogP contribution < -0.4 is 5.32 Å². The number of allylic oxidation sites excluding steroid dienone is 7. The van der Waals surface area contributed by atoms with Gasteiger partial charge in [0, 0.05) is 6.54 Å². The molecule has 118 valence electrons. The molecule has 1 unspecified atom stereocenters. The Morgan fingerprint density at radius 3 is 2.29 bits per heavy atom. The van der Waals surface area contributed by atoms with Crippen molar-refractivity contribution in [3.8, 4) is 0 Å². The van der Waals surface area contributed by atoms with Gasteiger partial charge in [0.2, 0.25) is 5.91 Å². The van der Waals surface area contributed by atoms with Crippen molar-refractivity contribution in [2.45, 2.75) is 52.1 Å². The summed E-state index contributed by atoms with van der Waals surface area (Å²) in [4.78, 5) is 11.5. The molecule has 0 spiro atoms. The number of carbonyl (C=O) groups excluding carboxylic acids is 1. The first-order valence-corrected chi connectivity index (χ1v) is 7.67. The van der Waals surface area contributed by atoms with E-state index in [0.29, 0.717) is 6.42 Å². The van der Waals surface area contributed by atoms with E-state index in [-0.39, 0.29) is 12.5 Å². The third kappa shape index (κ3) is 13.1. The molecule has 0 bridgehead atoms. The number of nitrogens with one attached hydrogen (secondary N) is 1. The van der Waals surface area contributed by atoms with Gasteiger partial charge in [0.05, 0.1) is 5.60 Å². The molecule has 0 rings (SSSR count). The summed E-state index contributed by atoms with van der Waals surface area (Å²) in [5.41, 5.74) is -0.829. The summed E-state index contributed by atoms with van der Waals surface area (Å²) in [5.74, 6) is -0.155. The quantitative estimate of drug-likeness (QED) is 0.366. The Morgan fingerprint density at radius 1 is 1.05 bits per heavy atom. The van der Waals surface area contributed by atoms with Gasteiger partial charge in [0.1, 0.15) is 0 Å². The molecule has 2 N–H and O–H groups in total. The van der Waals surface area contributed by atoms with Crippen LogP contribution in [-0.4, -0.2) is 23.2 Å². The Bertz CT molecular complexity index is 390. The number of hydrogen-bond acceptors (Lipinski definition) is 2. The number of unbranched alkanes of at least 4 members (excludes halogenated alkanes) is 1. The van der Waals surface area contributed by atoms with E-state index in [9.17, 15) is 9.90 Å². The molecule has 0 radical (unpaired) electrons. The topological polar surface area (TPSA) is 49.3 Å². The zero-order valence-corrected chi connectivity index (χ0v) is 13.5. The Balaban J connectivity index is 3.76. The minimum Gasteiger partial charge on any atom is -0.388 e. The van der Waals surface area contributed by atoms with Crippen molar-refractivity contribution >= 4 is 5.91 Å². The number of aliphatic hydroxyl groups is 1. The average molecular weight is 291 g/mol. The lowest BCUT2D eigenvalue weighted by molar-refractivity contribution is -0.117. The molecule has 0 aromatic rings. The van der Waals surface area contributed by atoms with Gasteiger partial charge in [-0.1, -0.05) is 56.4 Å². The second-order valence-electron chi connectivity index (χ2n) is 5.20. The molecule has 0 aromatic heterocycles. The van der Waals surface area contributed by atoms with Crippen LogP contribution in [0.1, 0.15) is 46.5 Å². The van der Waals surface area contributed by atoms with Crippen LogP contribution in [0.2, 0.25) is 0 Å². The molecule has 0 saturated carbocycles. The standard InChI is InChI=1S/C18H29NO2/c1-4-6-7-8-9-10-11-12-13-14-15-17(20)19-16-18(3,21)5-2/h6-11,14-15,21H,4-5,12-13,16H2,1-3H3,(H,19,20). The van der Waals surface area contributed by atoms with Crippen molar-refractivity contribution in [2.24, 2.45) is 0 Å². The normalized spacial score (nSPS) is 15.4. The first kappa shape index (κ1) is 19.4. The monoisotopic (exact) mass is 291 g/mol. The van der Waals surface area contributed by atoms with E-state index in [2.05, 4.69) is 24.4 Å². The summed E-state index contributed by atoms with van der Waals surface area (Å²) in [6.45, 7) is 5.99. The SMILES string of the molecule is CCC=CC=CC=CCCC=CC(=O)NCC(C)(O)CC. The number of carbonyl (C=O) groups is 1. The van der Waals surface area contributed by atoms with Crippen LogP contribution in [0.4, 0.5) is 0 Å². The molecule has 3 heteroatoms. The minimum absolute atomic E-state index is 0.155. The van der Waals surface area contributed by atoms with E-state index in [4.69, 9.17) is 0 Å². The summed E-state index contributed by atoms with van der Waals surface area (Å²) in [6, 6.07) is 0. The van der Waals surface area contributed by atoms with Crippen LogP contribution in [0, 0.1) is 0 Å². The van der Waals surface area contributed by atoms with E-state index in [1.807, 2.05) is 37.3 Å². The van der Waals surface area contributed by atoms with Gasteiger partial charge < -0.3 is 10.4 Å². The van der Waals surface area contributed by atoms with E-state index >= 15 is 0 Å². The zero-order chi connectivity index (χ0) is 16.0. The molecular weight excluding hydrogens is 262 g/mol. The fraction of sp³-hybridized carbons (Fsp3) is 0.500. The molecule has 0 aromatic carbocycles. The highest BCUT2D eigenvalue weighted by Gasteiger charge is 2.17. The van der Waals surface area contributed by atoms with Crippen LogP contribution >= 0.6 is 0 Å². The Labute approximate surface area is 129 Å². The fourth-order valence-corrected chi connectivity index (χ4v) is 1.36. The van der Waals surface area contributed by atoms with Gasteiger partial charge >= 0.3 is 0 Å². The first-order valence-electron chi connectivity index (χ1n) is 7.67. The molecule has 21 heavy (non-hydrogen) atoms. The highest BCUT2D eigenvalue weighted by atomic mass is 16.3. The van der Waals surface area contributed by atoms with Crippen molar-refractivity contribution in [2.75, 3.05) is 6.54 Å². The molecule has 0 heterocycles. The number of rotatable bonds is 10. The van der Waals surface area contributed by atoms with Crippen LogP contribution in [0.3, 0.4) is 0 Å². The van der Waals surface area contributed by atoms with E-state index < -0.39 is 5.60 Å². The molecule has 0 aliphatic rings. The third-order valence-corrected chi connectivity index (χ3v) is 3.02. The van der Waals surface area contributed by atoms with Gasteiger partial charge in [-0.05, 0) is 38.7 Å². The molecule has 0 aliphatic heterocycles. The number of hydrogen-bond donors (Lipinski definition) is 2. The smallest absolute Gasteiger partial charge is 0.243 e. The van der Waals surface area contributed by atoms with Gasteiger partial charge in [-0.25, -0.2) is 0 Å². The van der Waals surface area contributed by atoms with E-state index in [0.717, 1.165) is 19.3 Å². The predicted molar refractivity (Wildman–Crippen MR) is 90.0 cm³/mol. The lowest BCUT2D eigenvalue weighted by Gasteiger charge is -2.20. The summed E-state index contributed by atoms with van der Waals surface area (Å²) >= 11 is 0. The van der Waals surface area contributed by atoms with E-state index in [1.54, 1.807) is 6.92 Å². The summed E-state index contributed by atoms with van der Waals surface area (Å²) < 4.78 is 0. The second kappa shape index (κ2) is 12.2. The molecule has 3 nitrogen and oxygen atoms in total. The second-order valence-corrected chi connectivity index (χ2v) is 5.20. The lowest BCUT2D eigenvalue weighted by atomic mass is 10.0. The molecule has 0 fully saturated rings. The van der Waals surface area contributed by atoms with E-state index in [1.165, 1.54) is 6.08 Å². The largest absolute Gasteiger partial charge is 0.388 e. The van der Waals surface area contributed by atoms with Gasteiger partial charge in [0.25, 0.3) is 0 Å². The van der Waals surface area contributed by atoms with Crippen LogP contribution in [-0.2, 0) is 4.79 Å². The highest BCUT2D eigenvalue weighted by Crippen LogP contribution is 2.05. The van der Waals surface area contributed by atoms with Gasteiger partial charge in [-0.15, -0.1) is 0 Å². The molecule has 1 atom stereocenters. The average Bonchev–Trinajstić information content (AvgIpc) is 2.47. The van der Waals surface area contributed by atoms with Gasteiger partial charge in [-0.2, -0.15) is 0 Å². The number of amides is 1. The summed E-state index contributed by atoms with van der Waals surface area (Å²) in [6.07, 6.45) is 19.0. The molecular formula is C18H29NO2. The van der Waals surface area contributed by atoms with Crippen LogP contribution in [0.5, 0.6) is 0 Å². The van der Waals surface area contributed by atoms with Gasteiger partial charge in [-0.3, -0.25) is 4.79 Å². The Kier molecular flexibility index (Phi) is 11.2. The van der Waals surface area contributed by atoms with Crippen molar-refractivity contribution in [1.82, 2.24) is 5.32 Å². The van der Waals surface area contributed by atoms with Crippen molar-refractivity contribution in [3.05, 3.63) is 48.6 Å².